The van der Waals surface area contributed by atoms with Crippen LogP contribution in [0.1, 0.15) is 5.56 Å². The van der Waals surface area contributed by atoms with Gasteiger partial charge in [-0.05, 0) is 19.1 Å². The maximum atomic E-state index is 11.1. The lowest BCUT2D eigenvalue weighted by molar-refractivity contribution is 0.397. The Morgan fingerprint density at radius 1 is 1.19 bits per heavy atom. The summed E-state index contributed by atoms with van der Waals surface area (Å²) >= 11 is 0. The Labute approximate surface area is 94.6 Å². The van der Waals surface area contributed by atoms with Gasteiger partial charge in [-0.3, -0.25) is 8.75 Å². The van der Waals surface area contributed by atoms with Crippen molar-refractivity contribution in [3.63, 3.8) is 0 Å². The molecular weight excluding hydrogens is 255 g/mol. The van der Waals surface area contributed by atoms with Gasteiger partial charge in [0.15, 0.2) is 0 Å². The molecule has 0 aliphatic heterocycles. The molecule has 8 heteroatoms. The van der Waals surface area contributed by atoms with Crippen LogP contribution in [0.25, 0.3) is 0 Å². The summed E-state index contributed by atoms with van der Waals surface area (Å²) in [5.74, 6) is 0. The van der Waals surface area contributed by atoms with E-state index in [0.717, 1.165) is 12.7 Å². The van der Waals surface area contributed by atoms with E-state index in [1.807, 2.05) is 6.92 Å². The Bertz CT molecular complexity index is 434. The highest BCUT2D eigenvalue weighted by Gasteiger charge is 2.10. The summed E-state index contributed by atoms with van der Waals surface area (Å²) < 4.78 is 35.3. The van der Waals surface area contributed by atoms with Crippen LogP contribution in [0.3, 0.4) is 0 Å². The van der Waals surface area contributed by atoms with Crippen molar-refractivity contribution in [2.75, 3.05) is 7.11 Å². The third kappa shape index (κ3) is 5.99. The lowest BCUT2D eigenvalue weighted by Crippen LogP contribution is -2.02. The van der Waals surface area contributed by atoms with Gasteiger partial charge in [-0.2, -0.15) is 8.42 Å². The van der Waals surface area contributed by atoms with Crippen molar-refractivity contribution >= 4 is 18.4 Å². The molecule has 0 spiro atoms. The Morgan fingerprint density at radius 3 is 1.88 bits per heavy atom. The average molecular weight is 268 g/mol. The van der Waals surface area contributed by atoms with E-state index < -0.39 is 18.4 Å². The van der Waals surface area contributed by atoms with Crippen molar-refractivity contribution in [2.45, 2.75) is 11.8 Å². The molecule has 0 aliphatic rings. The van der Waals surface area contributed by atoms with Crippen molar-refractivity contribution in [3.8, 4) is 0 Å². The molecule has 0 unspecified atom stereocenters. The Kier molecular flexibility index (Phi) is 6.47. The first-order chi connectivity index (χ1) is 7.29. The lowest BCUT2D eigenvalue weighted by atomic mass is 10.2. The van der Waals surface area contributed by atoms with E-state index in [-0.39, 0.29) is 4.90 Å². The highest BCUT2D eigenvalue weighted by Crippen LogP contribution is 2.11. The average Bonchev–Trinajstić information content (AvgIpc) is 2.17. The molecule has 0 atom stereocenters. The van der Waals surface area contributed by atoms with Crippen LogP contribution in [-0.4, -0.2) is 25.3 Å². The van der Waals surface area contributed by atoms with Gasteiger partial charge in [0.1, 0.15) is 0 Å². The molecular formula is C8H13O6PS. The molecule has 0 aromatic heterocycles. The molecule has 6 nitrogen and oxygen atoms in total. The van der Waals surface area contributed by atoms with Gasteiger partial charge in [0, 0.05) is 0 Å². The summed E-state index contributed by atoms with van der Waals surface area (Å²) in [4.78, 5) is 14.5. The number of benzene rings is 1. The highest BCUT2D eigenvalue weighted by atomic mass is 32.2. The van der Waals surface area contributed by atoms with Gasteiger partial charge in [0.2, 0.25) is 0 Å². The summed E-state index contributed by atoms with van der Waals surface area (Å²) in [6.45, 7) is 1.89. The third-order valence-corrected chi connectivity index (χ3v) is 2.82. The van der Waals surface area contributed by atoms with Crippen LogP contribution >= 0.6 is 8.25 Å². The van der Waals surface area contributed by atoms with Crippen LogP contribution in [0.4, 0.5) is 0 Å². The molecule has 0 amide bonds. The van der Waals surface area contributed by atoms with Gasteiger partial charge in [-0.1, -0.05) is 17.7 Å². The molecule has 1 rings (SSSR count). The molecule has 0 aliphatic carbocycles. The molecule has 1 aromatic carbocycles. The molecule has 0 radical (unpaired) electrons. The van der Waals surface area contributed by atoms with Gasteiger partial charge < -0.3 is 9.79 Å². The lowest BCUT2D eigenvalue weighted by Gasteiger charge is -2.00. The monoisotopic (exact) mass is 268 g/mol. The molecule has 0 fully saturated rings. The molecule has 0 bridgehead atoms. The van der Waals surface area contributed by atoms with Gasteiger partial charge >= 0.3 is 8.25 Å². The zero-order valence-corrected chi connectivity index (χ0v) is 10.6. The largest absolute Gasteiger partial charge is 0.326 e. The minimum Gasteiger partial charge on any atom is -0.326 e. The van der Waals surface area contributed by atoms with Gasteiger partial charge in [-0.25, -0.2) is 0 Å². The Morgan fingerprint density at radius 2 is 1.56 bits per heavy atom. The minimum absolute atomic E-state index is 0.190. The van der Waals surface area contributed by atoms with Gasteiger partial charge in [0.25, 0.3) is 10.1 Å². The van der Waals surface area contributed by atoms with Crippen LogP contribution in [0.2, 0.25) is 0 Å². The first kappa shape index (κ1) is 15.3. The van der Waals surface area contributed by atoms with Crippen LogP contribution in [0.5, 0.6) is 0 Å². The van der Waals surface area contributed by atoms with Crippen LogP contribution in [0, 0.1) is 6.92 Å². The molecule has 16 heavy (non-hydrogen) atoms. The fourth-order valence-electron chi connectivity index (χ4n) is 0.801. The number of aryl methyl sites for hydroxylation is 1. The van der Waals surface area contributed by atoms with Crippen molar-refractivity contribution in [2.24, 2.45) is 0 Å². The van der Waals surface area contributed by atoms with Crippen molar-refractivity contribution in [1.82, 2.24) is 0 Å². The second-order valence-corrected chi connectivity index (χ2v) is 4.99. The number of rotatable bonds is 2. The topological polar surface area (TPSA) is 101 Å². The second-order valence-electron chi connectivity index (χ2n) is 2.72. The van der Waals surface area contributed by atoms with Crippen molar-refractivity contribution in [1.29, 1.82) is 0 Å². The number of hydrogen-bond donors (Lipinski definition) is 2. The quantitative estimate of drug-likeness (QED) is 0.604. The van der Waals surface area contributed by atoms with Crippen LogP contribution in [-0.2, 0) is 18.9 Å². The van der Waals surface area contributed by atoms with E-state index in [0.29, 0.717) is 0 Å². The standard InChI is InChI=1S/C8H10O3S.H3O3P/c1-7-3-5-8(6-4-7)12(9,10)11-2;1-4(2)3/h3-6H,1-2H3;4H,(H2,1,2,3). The van der Waals surface area contributed by atoms with Crippen LogP contribution in [0.15, 0.2) is 29.2 Å². The summed E-state index contributed by atoms with van der Waals surface area (Å²) in [5, 5.41) is 0. The normalized spacial score (nSPS) is 10.8. The summed E-state index contributed by atoms with van der Waals surface area (Å²) in [6.07, 6.45) is 0. The van der Waals surface area contributed by atoms with Crippen molar-refractivity contribution < 1.29 is 27.0 Å². The maximum Gasteiger partial charge on any atom is 0.314 e. The van der Waals surface area contributed by atoms with E-state index in [1.165, 1.54) is 12.1 Å². The predicted octanol–water partition coefficient (Wildman–Crippen LogP) is 0.691. The van der Waals surface area contributed by atoms with E-state index in [1.54, 1.807) is 12.1 Å². The predicted molar refractivity (Wildman–Crippen MR) is 58.8 cm³/mol. The molecule has 0 heterocycles. The molecule has 0 saturated heterocycles. The first-order valence-electron chi connectivity index (χ1n) is 4.09. The first-order valence-corrected chi connectivity index (χ1v) is 6.80. The molecule has 2 N–H and O–H groups in total. The Hall–Kier alpha value is -0.720. The number of hydrogen-bond acceptors (Lipinski definition) is 4. The highest BCUT2D eigenvalue weighted by molar-refractivity contribution is 7.86. The van der Waals surface area contributed by atoms with E-state index in [2.05, 4.69) is 4.18 Å². The second kappa shape index (κ2) is 6.78. The van der Waals surface area contributed by atoms with E-state index in [9.17, 15) is 8.42 Å². The van der Waals surface area contributed by atoms with Crippen molar-refractivity contribution in [3.05, 3.63) is 29.8 Å². The maximum absolute atomic E-state index is 11.1. The fraction of sp³-hybridized carbons (Fsp3) is 0.250. The SMILES string of the molecule is COS(=O)(=O)c1ccc(C)cc1.O=[PH](O)O. The van der Waals surface area contributed by atoms with Gasteiger partial charge in [0.05, 0.1) is 12.0 Å². The minimum atomic E-state index is -3.51. The molecule has 1 aromatic rings. The smallest absolute Gasteiger partial charge is 0.314 e. The third-order valence-electron chi connectivity index (χ3n) is 1.53. The van der Waals surface area contributed by atoms with E-state index in [4.69, 9.17) is 14.4 Å². The summed E-state index contributed by atoms with van der Waals surface area (Å²) in [7, 11) is -5.50. The van der Waals surface area contributed by atoms with Crippen LogP contribution < -0.4 is 0 Å². The molecule has 0 saturated carbocycles. The van der Waals surface area contributed by atoms with Gasteiger partial charge in [-0.15, -0.1) is 0 Å². The summed E-state index contributed by atoms with van der Waals surface area (Å²) in [5.41, 5.74) is 1.02. The zero-order chi connectivity index (χ0) is 12.8. The fourth-order valence-corrected chi connectivity index (χ4v) is 1.46. The zero-order valence-electron chi connectivity index (χ0n) is 8.75. The molecule has 92 valence electrons. The Balaban J connectivity index is 0.000000487. The summed E-state index contributed by atoms with van der Waals surface area (Å²) in [6, 6.07) is 6.50. The van der Waals surface area contributed by atoms with E-state index >= 15 is 0 Å².